The molecule has 1 rings (SSSR count). The molecule has 0 unspecified atom stereocenters. The summed E-state index contributed by atoms with van der Waals surface area (Å²) in [5.74, 6) is 0.111. The zero-order chi connectivity index (χ0) is 13.6. The summed E-state index contributed by atoms with van der Waals surface area (Å²) in [7, 11) is 0. The first-order valence-electron chi connectivity index (χ1n) is 7.04. The molecule has 1 fully saturated rings. The van der Waals surface area contributed by atoms with Crippen molar-refractivity contribution in [2.45, 2.75) is 52.9 Å². The van der Waals surface area contributed by atoms with Crippen molar-refractivity contribution in [1.82, 2.24) is 4.90 Å². The quantitative estimate of drug-likeness (QED) is 0.709. The van der Waals surface area contributed by atoms with Crippen LogP contribution in [0.25, 0.3) is 0 Å². The van der Waals surface area contributed by atoms with Crippen LogP contribution in [0.2, 0.25) is 0 Å². The van der Waals surface area contributed by atoms with E-state index < -0.39 is 0 Å². The number of hydrogen-bond acceptors (Lipinski definition) is 3. The zero-order valence-corrected chi connectivity index (χ0v) is 11.8. The predicted molar refractivity (Wildman–Crippen MR) is 70.1 cm³/mol. The van der Waals surface area contributed by atoms with Crippen LogP contribution in [0.5, 0.6) is 0 Å². The monoisotopic (exact) mass is 255 g/mol. The minimum Gasteiger partial charge on any atom is -0.466 e. The van der Waals surface area contributed by atoms with E-state index in [9.17, 15) is 9.59 Å². The Morgan fingerprint density at radius 3 is 2.22 bits per heavy atom. The van der Waals surface area contributed by atoms with Crippen molar-refractivity contribution in [3.05, 3.63) is 0 Å². The van der Waals surface area contributed by atoms with Crippen LogP contribution in [-0.2, 0) is 14.3 Å². The van der Waals surface area contributed by atoms with E-state index >= 15 is 0 Å². The molecule has 1 heterocycles. The first-order valence-corrected chi connectivity index (χ1v) is 7.04. The minimum absolute atomic E-state index is 0.0737. The van der Waals surface area contributed by atoms with Crippen LogP contribution in [0.3, 0.4) is 0 Å². The number of ether oxygens (including phenoxy) is 1. The molecule has 0 aromatic rings. The highest BCUT2D eigenvalue weighted by molar-refractivity contribution is 5.79. The summed E-state index contributed by atoms with van der Waals surface area (Å²) in [6, 6.07) is 0. The molecule has 0 radical (unpaired) electrons. The first-order chi connectivity index (χ1) is 8.59. The van der Waals surface area contributed by atoms with Gasteiger partial charge in [-0.05, 0) is 26.2 Å². The van der Waals surface area contributed by atoms with Gasteiger partial charge in [-0.3, -0.25) is 9.59 Å². The van der Waals surface area contributed by atoms with Gasteiger partial charge in [0, 0.05) is 19.5 Å². The topological polar surface area (TPSA) is 46.6 Å². The second kappa shape index (κ2) is 6.76. The minimum atomic E-state index is -0.352. The van der Waals surface area contributed by atoms with Crippen molar-refractivity contribution in [3.63, 3.8) is 0 Å². The molecule has 4 heteroatoms. The highest BCUT2D eigenvalue weighted by Gasteiger charge is 2.42. The molecule has 104 valence electrons. The van der Waals surface area contributed by atoms with Crippen LogP contribution in [0.15, 0.2) is 0 Å². The molecule has 1 aliphatic rings. The Bertz CT molecular complexity index is 293. The molecule has 0 bridgehead atoms. The molecule has 18 heavy (non-hydrogen) atoms. The standard InChI is InChI=1S/C14H25NO3/c1-4-7-14(13(17)18-6-3)8-10-15(11-9-14)12(16)5-2/h4-11H2,1-3H3. The highest BCUT2D eigenvalue weighted by atomic mass is 16.5. The average Bonchev–Trinajstić information content (AvgIpc) is 2.39. The van der Waals surface area contributed by atoms with Gasteiger partial charge in [0.2, 0.25) is 5.91 Å². The van der Waals surface area contributed by atoms with Crippen LogP contribution in [0, 0.1) is 5.41 Å². The lowest BCUT2D eigenvalue weighted by atomic mass is 9.75. The van der Waals surface area contributed by atoms with E-state index in [1.54, 1.807) is 0 Å². The van der Waals surface area contributed by atoms with Crippen molar-refractivity contribution in [3.8, 4) is 0 Å². The largest absolute Gasteiger partial charge is 0.466 e. The summed E-state index contributed by atoms with van der Waals surface area (Å²) in [6.45, 7) is 7.61. The van der Waals surface area contributed by atoms with Crippen molar-refractivity contribution in [1.29, 1.82) is 0 Å². The molecule has 1 saturated heterocycles. The van der Waals surface area contributed by atoms with Gasteiger partial charge in [-0.25, -0.2) is 0 Å². The van der Waals surface area contributed by atoms with Crippen molar-refractivity contribution >= 4 is 11.9 Å². The number of nitrogens with zero attached hydrogens (tertiary/aromatic N) is 1. The number of hydrogen-bond donors (Lipinski definition) is 0. The number of piperidine rings is 1. The predicted octanol–water partition coefficient (Wildman–Crippen LogP) is 2.37. The van der Waals surface area contributed by atoms with E-state index in [0.717, 1.165) is 25.7 Å². The Kier molecular flexibility index (Phi) is 5.63. The number of likely N-dealkylation sites (tertiary alicyclic amines) is 1. The Morgan fingerprint density at radius 2 is 1.78 bits per heavy atom. The van der Waals surface area contributed by atoms with Gasteiger partial charge in [0.1, 0.15) is 0 Å². The smallest absolute Gasteiger partial charge is 0.312 e. The third-order valence-electron chi connectivity index (χ3n) is 3.81. The fourth-order valence-electron chi connectivity index (χ4n) is 2.73. The second-order valence-electron chi connectivity index (χ2n) is 4.99. The Morgan fingerprint density at radius 1 is 1.17 bits per heavy atom. The van der Waals surface area contributed by atoms with Crippen LogP contribution in [0.4, 0.5) is 0 Å². The molecule has 1 aliphatic heterocycles. The normalized spacial score (nSPS) is 18.5. The van der Waals surface area contributed by atoms with Crippen molar-refractivity contribution in [2.75, 3.05) is 19.7 Å². The molecular formula is C14H25NO3. The maximum atomic E-state index is 12.1. The highest BCUT2D eigenvalue weighted by Crippen LogP contribution is 2.37. The van der Waals surface area contributed by atoms with E-state index in [1.165, 1.54) is 0 Å². The maximum absolute atomic E-state index is 12.1. The SMILES string of the molecule is CCCC1(C(=O)OCC)CCN(C(=O)CC)CC1. The zero-order valence-electron chi connectivity index (χ0n) is 11.8. The fraction of sp³-hybridized carbons (Fsp3) is 0.857. The van der Waals surface area contributed by atoms with E-state index in [4.69, 9.17) is 4.74 Å². The van der Waals surface area contributed by atoms with Crippen LogP contribution < -0.4 is 0 Å². The van der Waals surface area contributed by atoms with Gasteiger partial charge >= 0.3 is 5.97 Å². The number of amides is 1. The third-order valence-corrected chi connectivity index (χ3v) is 3.81. The Hall–Kier alpha value is -1.06. The summed E-state index contributed by atoms with van der Waals surface area (Å²) < 4.78 is 5.22. The van der Waals surface area contributed by atoms with Gasteiger partial charge < -0.3 is 9.64 Å². The Balaban J connectivity index is 2.67. The lowest BCUT2D eigenvalue weighted by Crippen LogP contribution is -2.47. The molecular weight excluding hydrogens is 230 g/mol. The average molecular weight is 255 g/mol. The fourth-order valence-corrected chi connectivity index (χ4v) is 2.73. The second-order valence-corrected chi connectivity index (χ2v) is 4.99. The van der Waals surface area contributed by atoms with Gasteiger partial charge in [-0.1, -0.05) is 20.3 Å². The van der Waals surface area contributed by atoms with Gasteiger partial charge in [0.05, 0.1) is 12.0 Å². The summed E-state index contributed by atoms with van der Waals surface area (Å²) in [4.78, 5) is 25.6. The molecule has 1 amide bonds. The summed E-state index contributed by atoms with van der Waals surface area (Å²) >= 11 is 0. The van der Waals surface area contributed by atoms with Gasteiger partial charge in [-0.2, -0.15) is 0 Å². The van der Waals surface area contributed by atoms with E-state index in [-0.39, 0.29) is 17.3 Å². The number of carbonyl (C=O) groups excluding carboxylic acids is 2. The molecule has 0 saturated carbocycles. The van der Waals surface area contributed by atoms with Gasteiger partial charge in [0.15, 0.2) is 0 Å². The number of carbonyl (C=O) groups is 2. The molecule has 0 aromatic heterocycles. The van der Waals surface area contributed by atoms with Crippen LogP contribution in [-0.4, -0.2) is 36.5 Å². The third kappa shape index (κ3) is 3.24. The lowest BCUT2D eigenvalue weighted by Gasteiger charge is -2.39. The van der Waals surface area contributed by atoms with Crippen molar-refractivity contribution in [2.24, 2.45) is 5.41 Å². The molecule has 0 aromatic carbocycles. The maximum Gasteiger partial charge on any atom is 0.312 e. The van der Waals surface area contributed by atoms with Gasteiger partial charge in [-0.15, -0.1) is 0 Å². The Labute approximate surface area is 110 Å². The van der Waals surface area contributed by atoms with Crippen LogP contribution in [0.1, 0.15) is 52.9 Å². The molecule has 4 nitrogen and oxygen atoms in total. The number of esters is 1. The summed E-state index contributed by atoms with van der Waals surface area (Å²) in [5, 5.41) is 0. The lowest BCUT2D eigenvalue weighted by molar-refractivity contribution is -0.161. The van der Waals surface area contributed by atoms with Gasteiger partial charge in [0.25, 0.3) is 0 Å². The summed E-state index contributed by atoms with van der Waals surface area (Å²) in [5.41, 5.74) is -0.352. The van der Waals surface area contributed by atoms with E-state index in [2.05, 4.69) is 6.92 Å². The molecule has 0 N–H and O–H groups in total. The number of rotatable bonds is 5. The molecule has 0 atom stereocenters. The van der Waals surface area contributed by atoms with Crippen LogP contribution >= 0.6 is 0 Å². The van der Waals surface area contributed by atoms with Crippen molar-refractivity contribution < 1.29 is 14.3 Å². The molecule has 0 spiro atoms. The summed E-state index contributed by atoms with van der Waals surface area (Å²) in [6.07, 6.45) is 3.86. The molecule has 0 aliphatic carbocycles. The first kappa shape index (κ1) is 15.0. The van der Waals surface area contributed by atoms with E-state index in [0.29, 0.717) is 26.1 Å². The van der Waals surface area contributed by atoms with E-state index in [1.807, 2.05) is 18.7 Å².